The van der Waals surface area contributed by atoms with Gasteiger partial charge in [0, 0.05) is 6.20 Å². The number of carboxylic acids is 1. The molecule has 84 valence electrons. The standard InChI is InChI=1S/C10H11N3O3/c1-3-7(5-14)13-9-8(10(15)16)4-11-6(2)12-9/h1,4,7,14H,5H2,2H3,(H,15,16)(H,11,12,13). The molecular weight excluding hydrogens is 210 g/mol. The number of carboxylic acid groups (broad SMARTS) is 1. The zero-order valence-corrected chi connectivity index (χ0v) is 8.64. The highest BCUT2D eigenvalue weighted by Gasteiger charge is 2.14. The Labute approximate surface area is 92.4 Å². The summed E-state index contributed by atoms with van der Waals surface area (Å²) >= 11 is 0. The summed E-state index contributed by atoms with van der Waals surface area (Å²) in [6, 6.07) is -0.674. The van der Waals surface area contributed by atoms with Crippen LogP contribution in [0.3, 0.4) is 0 Å². The second kappa shape index (κ2) is 5.09. The first-order valence-electron chi connectivity index (χ1n) is 4.49. The molecule has 0 aliphatic rings. The fourth-order valence-electron chi connectivity index (χ4n) is 1.04. The Bertz CT molecular complexity index is 439. The summed E-state index contributed by atoms with van der Waals surface area (Å²) in [4.78, 5) is 18.6. The molecule has 0 fully saturated rings. The number of aryl methyl sites for hydroxylation is 1. The Morgan fingerprint density at radius 1 is 1.75 bits per heavy atom. The van der Waals surface area contributed by atoms with Crippen molar-refractivity contribution in [1.29, 1.82) is 0 Å². The number of nitrogens with zero attached hydrogens (tertiary/aromatic N) is 2. The molecule has 1 aromatic heterocycles. The zero-order chi connectivity index (χ0) is 12.1. The molecule has 0 spiro atoms. The van der Waals surface area contributed by atoms with E-state index in [9.17, 15) is 4.79 Å². The van der Waals surface area contributed by atoms with Crippen LogP contribution in [0.4, 0.5) is 5.82 Å². The van der Waals surface area contributed by atoms with Crippen LogP contribution >= 0.6 is 0 Å². The molecule has 6 nitrogen and oxygen atoms in total. The summed E-state index contributed by atoms with van der Waals surface area (Å²) in [5.74, 6) is 1.64. The molecule has 0 saturated carbocycles. The number of carbonyl (C=O) groups is 1. The predicted molar refractivity (Wildman–Crippen MR) is 57.1 cm³/mol. The van der Waals surface area contributed by atoms with E-state index in [1.54, 1.807) is 6.92 Å². The number of aliphatic hydroxyl groups is 1. The molecule has 0 bridgehead atoms. The maximum absolute atomic E-state index is 10.9. The predicted octanol–water partition coefficient (Wildman–Crippen LogP) is -0.111. The normalized spacial score (nSPS) is 11.6. The third kappa shape index (κ3) is 2.68. The van der Waals surface area contributed by atoms with Gasteiger partial charge in [0.25, 0.3) is 0 Å². The maximum Gasteiger partial charge on any atom is 0.341 e. The second-order valence-corrected chi connectivity index (χ2v) is 3.03. The second-order valence-electron chi connectivity index (χ2n) is 3.03. The molecule has 0 aliphatic carbocycles. The van der Waals surface area contributed by atoms with Crippen LogP contribution in [0.25, 0.3) is 0 Å². The number of aromatic nitrogens is 2. The van der Waals surface area contributed by atoms with E-state index in [2.05, 4.69) is 21.2 Å². The van der Waals surface area contributed by atoms with Gasteiger partial charge in [-0.2, -0.15) is 0 Å². The monoisotopic (exact) mass is 221 g/mol. The van der Waals surface area contributed by atoms with Crippen molar-refractivity contribution >= 4 is 11.8 Å². The van der Waals surface area contributed by atoms with Crippen molar-refractivity contribution in [3.8, 4) is 12.3 Å². The number of aromatic carboxylic acids is 1. The van der Waals surface area contributed by atoms with Crippen molar-refractivity contribution in [1.82, 2.24) is 9.97 Å². The number of hydrogen-bond acceptors (Lipinski definition) is 5. The van der Waals surface area contributed by atoms with Crippen molar-refractivity contribution in [3.05, 3.63) is 17.6 Å². The van der Waals surface area contributed by atoms with Crippen LogP contribution in [-0.2, 0) is 0 Å². The van der Waals surface area contributed by atoms with E-state index in [-0.39, 0.29) is 18.0 Å². The van der Waals surface area contributed by atoms with Gasteiger partial charge in [-0.3, -0.25) is 0 Å². The Balaban J connectivity index is 3.06. The molecule has 0 aliphatic heterocycles. The average Bonchev–Trinajstić information content (AvgIpc) is 2.25. The molecule has 6 heteroatoms. The summed E-state index contributed by atoms with van der Waals surface area (Å²) in [7, 11) is 0. The number of nitrogens with one attached hydrogen (secondary N) is 1. The number of aliphatic hydroxyl groups excluding tert-OH is 1. The van der Waals surface area contributed by atoms with E-state index < -0.39 is 12.0 Å². The topological polar surface area (TPSA) is 95.3 Å². The highest BCUT2D eigenvalue weighted by Crippen LogP contribution is 2.12. The molecule has 0 radical (unpaired) electrons. The van der Waals surface area contributed by atoms with Crippen LogP contribution in [-0.4, -0.2) is 38.8 Å². The Hall–Kier alpha value is -2.13. The summed E-state index contributed by atoms with van der Waals surface area (Å²) < 4.78 is 0. The lowest BCUT2D eigenvalue weighted by Crippen LogP contribution is -2.24. The molecule has 1 atom stereocenters. The molecule has 1 heterocycles. The average molecular weight is 221 g/mol. The molecule has 3 N–H and O–H groups in total. The van der Waals surface area contributed by atoms with Crippen molar-refractivity contribution in [2.24, 2.45) is 0 Å². The maximum atomic E-state index is 10.9. The minimum Gasteiger partial charge on any atom is -0.477 e. The van der Waals surface area contributed by atoms with Crippen molar-refractivity contribution in [3.63, 3.8) is 0 Å². The van der Waals surface area contributed by atoms with Gasteiger partial charge in [0.05, 0.1) is 6.61 Å². The van der Waals surface area contributed by atoms with Gasteiger partial charge in [-0.1, -0.05) is 5.92 Å². The number of terminal acetylenes is 1. The molecule has 1 rings (SSSR count). The molecule has 1 aromatic rings. The summed E-state index contributed by atoms with van der Waals surface area (Å²) in [6.45, 7) is 1.32. The first kappa shape index (κ1) is 11.9. The van der Waals surface area contributed by atoms with Gasteiger partial charge < -0.3 is 15.5 Å². The van der Waals surface area contributed by atoms with E-state index >= 15 is 0 Å². The molecular formula is C10H11N3O3. The van der Waals surface area contributed by atoms with Crippen molar-refractivity contribution in [2.75, 3.05) is 11.9 Å². The van der Waals surface area contributed by atoms with Gasteiger partial charge in [0.15, 0.2) is 0 Å². The number of anilines is 1. The summed E-state index contributed by atoms with van der Waals surface area (Å²) in [5, 5.41) is 20.4. The van der Waals surface area contributed by atoms with Crippen molar-refractivity contribution < 1.29 is 15.0 Å². The molecule has 0 aromatic carbocycles. The van der Waals surface area contributed by atoms with E-state index in [1.165, 1.54) is 6.20 Å². The molecule has 1 unspecified atom stereocenters. The lowest BCUT2D eigenvalue weighted by atomic mass is 10.2. The van der Waals surface area contributed by atoms with Gasteiger partial charge in [-0.15, -0.1) is 6.42 Å². The lowest BCUT2D eigenvalue weighted by molar-refractivity contribution is 0.0697. The van der Waals surface area contributed by atoms with Crippen LogP contribution in [0.15, 0.2) is 6.20 Å². The Kier molecular flexibility index (Phi) is 3.80. The summed E-state index contributed by atoms with van der Waals surface area (Å²) in [6.07, 6.45) is 6.32. The first-order chi connectivity index (χ1) is 7.58. The van der Waals surface area contributed by atoms with Gasteiger partial charge in [0.2, 0.25) is 0 Å². The first-order valence-corrected chi connectivity index (χ1v) is 4.49. The number of hydrogen-bond donors (Lipinski definition) is 3. The lowest BCUT2D eigenvalue weighted by Gasteiger charge is -2.12. The quantitative estimate of drug-likeness (QED) is 0.614. The Morgan fingerprint density at radius 3 is 2.94 bits per heavy atom. The SMILES string of the molecule is C#CC(CO)Nc1nc(C)ncc1C(=O)O. The van der Waals surface area contributed by atoms with Crippen LogP contribution in [0.5, 0.6) is 0 Å². The van der Waals surface area contributed by atoms with E-state index in [0.29, 0.717) is 5.82 Å². The molecule has 0 saturated heterocycles. The molecule has 0 amide bonds. The fourth-order valence-corrected chi connectivity index (χ4v) is 1.04. The van der Waals surface area contributed by atoms with Gasteiger partial charge >= 0.3 is 5.97 Å². The minimum atomic E-state index is -1.16. The van der Waals surface area contributed by atoms with Gasteiger partial charge in [-0.25, -0.2) is 14.8 Å². The zero-order valence-electron chi connectivity index (χ0n) is 8.64. The van der Waals surface area contributed by atoms with Crippen LogP contribution in [0.1, 0.15) is 16.2 Å². The molecule has 16 heavy (non-hydrogen) atoms. The highest BCUT2D eigenvalue weighted by molar-refractivity contribution is 5.92. The van der Waals surface area contributed by atoms with E-state index in [4.69, 9.17) is 16.6 Å². The van der Waals surface area contributed by atoms with Crippen LogP contribution < -0.4 is 5.32 Å². The van der Waals surface area contributed by atoms with Crippen molar-refractivity contribution in [2.45, 2.75) is 13.0 Å². The third-order valence-corrected chi connectivity index (χ3v) is 1.83. The number of rotatable bonds is 4. The van der Waals surface area contributed by atoms with Gasteiger partial charge in [0.1, 0.15) is 23.2 Å². The highest BCUT2D eigenvalue weighted by atomic mass is 16.4. The van der Waals surface area contributed by atoms with E-state index in [1.807, 2.05) is 0 Å². The van der Waals surface area contributed by atoms with Crippen LogP contribution in [0, 0.1) is 19.3 Å². The third-order valence-electron chi connectivity index (χ3n) is 1.83. The smallest absolute Gasteiger partial charge is 0.341 e. The fraction of sp³-hybridized carbons (Fsp3) is 0.300. The Morgan fingerprint density at radius 2 is 2.44 bits per heavy atom. The largest absolute Gasteiger partial charge is 0.477 e. The van der Waals surface area contributed by atoms with Gasteiger partial charge in [-0.05, 0) is 6.92 Å². The minimum absolute atomic E-state index is 0.0840. The summed E-state index contributed by atoms with van der Waals surface area (Å²) in [5.41, 5.74) is -0.0840. The van der Waals surface area contributed by atoms with Crippen LogP contribution in [0.2, 0.25) is 0 Å². The van der Waals surface area contributed by atoms with E-state index in [0.717, 1.165) is 0 Å².